The average molecular weight is 256 g/mol. The highest BCUT2D eigenvalue weighted by Crippen LogP contribution is 2.29. The van der Waals surface area contributed by atoms with E-state index >= 15 is 0 Å². The molecule has 0 amide bonds. The number of hydrogen-bond acceptors (Lipinski definition) is 4. The zero-order chi connectivity index (χ0) is 12.3. The van der Waals surface area contributed by atoms with Crippen LogP contribution in [0.1, 0.15) is 25.0 Å². The summed E-state index contributed by atoms with van der Waals surface area (Å²) in [6.45, 7) is 2.82. The maximum absolute atomic E-state index is 6.08. The van der Waals surface area contributed by atoms with Crippen LogP contribution in [0.2, 0.25) is 0 Å². The normalized spacial score (nSPS) is 23.7. The van der Waals surface area contributed by atoms with Gasteiger partial charge in [0.15, 0.2) is 0 Å². The lowest BCUT2D eigenvalue weighted by molar-refractivity contribution is 0.397. The predicted molar refractivity (Wildman–Crippen MR) is 68.8 cm³/mol. The molecule has 0 bridgehead atoms. The molecule has 0 aliphatic heterocycles. The van der Waals surface area contributed by atoms with Crippen molar-refractivity contribution in [2.24, 2.45) is 5.92 Å². The van der Waals surface area contributed by atoms with Gasteiger partial charge in [-0.25, -0.2) is 4.98 Å². The molecule has 1 heterocycles. The summed E-state index contributed by atoms with van der Waals surface area (Å²) >= 11 is 6.08. The van der Waals surface area contributed by atoms with Gasteiger partial charge in [-0.15, -0.1) is 11.6 Å². The van der Waals surface area contributed by atoms with Crippen LogP contribution >= 0.6 is 11.6 Å². The molecule has 1 fully saturated rings. The molecule has 1 aliphatic carbocycles. The third kappa shape index (κ3) is 3.46. The highest BCUT2D eigenvalue weighted by molar-refractivity contribution is 6.20. The zero-order valence-corrected chi connectivity index (χ0v) is 11.0. The first-order valence-corrected chi connectivity index (χ1v) is 6.38. The summed E-state index contributed by atoms with van der Waals surface area (Å²) in [5.74, 6) is 1.87. The average Bonchev–Trinajstić information content (AvgIpc) is 2.72. The quantitative estimate of drug-likeness (QED) is 0.841. The molecule has 4 nitrogen and oxygen atoms in total. The fourth-order valence-corrected chi connectivity index (χ4v) is 2.54. The van der Waals surface area contributed by atoms with Crippen molar-refractivity contribution in [3.05, 3.63) is 11.8 Å². The van der Waals surface area contributed by atoms with Crippen LogP contribution in [-0.4, -0.2) is 29.0 Å². The number of hydrogen-bond donors (Lipinski definition) is 1. The van der Waals surface area contributed by atoms with Crippen molar-refractivity contribution >= 4 is 17.5 Å². The summed E-state index contributed by atoms with van der Waals surface area (Å²) in [6.07, 6.45) is 3.38. The number of anilines is 1. The Labute approximate surface area is 107 Å². The summed E-state index contributed by atoms with van der Waals surface area (Å²) in [5.41, 5.74) is 0.904. The van der Waals surface area contributed by atoms with Gasteiger partial charge in [0.2, 0.25) is 11.8 Å². The van der Waals surface area contributed by atoms with Gasteiger partial charge < -0.3 is 10.1 Å². The fourth-order valence-electron chi connectivity index (χ4n) is 2.16. The van der Waals surface area contributed by atoms with Crippen LogP contribution in [0, 0.1) is 12.8 Å². The van der Waals surface area contributed by atoms with Crippen LogP contribution < -0.4 is 10.1 Å². The lowest BCUT2D eigenvalue weighted by Gasteiger charge is -2.11. The van der Waals surface area contributed by atoms with E-state index in [1.165, 1.54) is 6.42 Å². The van der Waals surface area contributed by atoms with E-state index in [1.807, 2.05) is 13.0 Å². The van der Waals surface area contributed by atoms with Crippen LogP contribution in [0.3, 0.4) is 0 Å². The Balaban J connectivity index is 1.92. The molecular weight excluding hydrogens is 238 g/mol. The molecule has 1 saturated carbocycles. The van der Waals surface area contributed by atoms with E-state index < -0.39 is 0 Å². The van der Waals surface area contributed by atoms with E-state index in [2.05, 4.69) is 15.3 Å². The lowest BCUT2D eigenvalue weighted by Crippen LogP contribution is -2.14. The first-order chi connectivity index (χ1) is 8.17. The summed E-state index contributed by atoms with van der Waals surface area (Å²) in [4.78, 5) is 8.58. The number of nitrogens with one attached hydrogen (secondary N) is 1. The molecular formula is C12H18ClN3O. The minimum Gasteiger partial charge on any atom is -0.481 e. The highest BCUT2D eigenvalue weighted by Gasteiger charge is 2.22. The monoisotopic (exact) mass is 255 g/mol. The molecule has 0 aromatic carbocycles. The van der Waals surface area contributed by atoms with Crippen LogP contribution in [0.25, 0.3) is 0 Å². The second-order valence-electron chi connectivity index (χ2n) is 4.53. The van der Waals surface area contributed by atoms with Crippen LogP contribution in [0.5, 0.6) is 5.88 Å². The Morgan fingerprint density at radius 2 is 2.29 bits per heavy atom. The van der Waals surface area contributed by atoms with E-state index in [4.69, 9.17) is 16.3 Å². The van der Waals surface area contributed by atoms with Crippen molar-refractivity contribution in [1.29, 1.82) is 0 Å². The molecule has 1 aliphatic rings. The second kappa shape index (κ2) is 5.54. The molecule has 0 spiro atoms. The Morgan fingerprint density at radius 3 is 2.94 bits per heavy atom. The maximum atomic E-state index is 6.08. The molecule has 5 heteroatoms. The SMILES string of the molecule is COc1cc(C)nc(NCC2CCC(Cl)C2)n1. The number of nitrogens with zero attached hydrogens (tertiary/aromatic N) is 2. The third-order valence-corrected chi connectivity index (χ3v) is 3.46. The molecule has 1 aromatic heterocycles. The predicted octanol–water partition coefficient (Wildman–Crippen LogP) is 2.61. The summed E-state index contributed by atoms with van der Waals surface area (Å²) in [7, 11) is 1.61. The number of ether oxygens (including phenoxy) is 1. The number of aromatic nitrogens is 2. The summed E-state index contributed by atoms with van der Waals surface area (Å²) < 4.78 is 5.11. The van der Waals surface area contributed by atoms with E-state index in [0.29, 0.717) is 23.1 Å². The molecule has 17 heavy (non-hydrogen) atoms. The number of aryl methyl sites for hydroxylation is 1. The number of methoxy groups -OCH3 is 1. The van der Waals surface area contributed by atoms with Crippen LogP contribution in [-0.2, 0) is 0 Å². The van der Waals surface area contributed by atoms with Gasteiger partial charge >= 0.3 is 0 Å². The Bertz CT molecular complexity index is 386. The van der Waals surface area contributed by atoms with E-state index in [0.717, 1.165) is 25.1 Å². The molecule has 1 aromatic rings. The Hall–Kier alpha value is -1.03. The largest absolute Gasteiger partial charge is 0.481 e. The van der Waals surface area contributed by atoms with Crippen LogP contribution in [0.15, 0.2) is 6.07 Å². The third-order valence-electron chi connectivity index (χ3n) is 3.07. The van der Waals surface area contributed by atoms with Crippen LogP contribution in [0.4, 0.5) is 5.95 Å². The Morgan fingerprint density at radius 1 is 1.47 bits per heavy atom. The van der Waals surface area contributed by atoms with Crippen molar-refractivity contribution in [1.82, 2.24) is 9.97 Å². The van der Waals surface area contributed by atoms with Crippen molar-refractivity contribution in [3.8, 4) is 5.88 Å². The molecule has 2 unspecified atom stereocenters. The standard InChI is InChI=1S/C12H18ClN3O/c1-8-5-11(17-2)16-12(15-8)14-7-9-3-4-10(13)6-9/h5,9-10H,3-4,6-7H2,1-2H3,(H,14,15,16). The molecule has 0 saturated heterocycles. The van der Waals surface area contributed by atoms with Gasteiger partial charge in [0, 0.05) is 23.7 Å². The fraction of sp³-hybridized carbons (Fsp3) is 0.667. The van der Waals surface area contributed by atoms with Gasteiger partial charge in [-0.1, -0.05) is 0 Å². The van der Waals surface area contributed by atoms with Gasteiger partial charge in [-0.2, -0.15) is 4.98 Å². The van der Waals surface area contributed by atoms with Crippen molar-refractivity contribution in [2.75, 3.05) is 19.0 Å². The minimum absolute atomic E-state index is 0.342. The summed E-state index contributed by atoms with van der Waals surface area (Å²) in [5, 5.41) is 3.60. The maximum Gasteiger partial charge on any atom is 0.226 e. The summed E-state index contributed by atoms with van der Waals surface area (Å²) in [6, 6.07) is 1.82. The molecule has 0 radical (unpaired) electrons. The molecule has 2 atom stereocenters. The zero-order valence-electron chi connectivity index (χ0n) is 10.2. The number of halogens is 1. The molecule has 94 valence electrons. The van der Waals surface area contributed by atoms with E-state index in [-0.39, 0.29) is 0 Å². The second-order valence-corrected chi connectivity index (χ2v) is 5.15. The lowest BCUT2D eigenvalue weighted by atomic mass is 10.1. The minimum atomic E-state index is 0.342. The first-order valence-electron chi connectivity index (χ1n) is 5.95. The first kappa shape index (κ1) is 12.4. The van der Waals surface area contributed by atoms with Gasteiger partial charge in [-0.05, 0) is 32.1 Å². The van der Waals surface area contributed by atoms with Gasteiger partial charge in [0.1, 0.15) is 0 Å². The van der Waals surface area contributed by atoms with E-state index in [9.17, 15) is 0 Å². The van der Waals surface area contributed by atoms with Gasteiger partial charge in [0.05, 0.1) is 7.11 Å². The highest BCUT2D eigenvalue weighted by atomic mass is 35.5. The van der Waals surface area contributed by atoms with Crippen molar-refractivity contribution in [2.45, 2.75) is 31.6 Å². The topological polar surface area (TPSA) is 47.0 Å². The van der Waals surface area contributed by atoms with Gasteiger partial charge in [-0.3, -0.25) is 0 Å². The van der Waals surface area contributed by atoms with Gasteiger partial charge in [0.25, 0.3) is 0 Å². The molecule has 2 rings (SSSR count). The molecule has 1 N–H and O–H groups in total. The smallest absolute Gasteiger partial charge is 0.226 e. The van der Waals surface area contributed by atoms with Crippen molar-refractivity contribution < 1.29 is 4.74 Å². The van der Waals surface area contributed by atoms with E-state index in [1.54, 1.807) is 7.11 Å². The number of alkyl halides is 1. The van der Waals surface area contributed by atoms with Crippen molar-refractivity contribution in [3.63, 3.8) is 0 Å². The Kier molecular flexibility index (Phi) is 4.05. The number of rotatable bonds is 4.